The van der Waals surface area contributed by atoms with Gasteiger partial charge in [0.25, 0.3) is 0 Å². The highest BCUT2D eigenvalue weighted by atomic mass is 15.1. The Bertz CT molecular complexity index is 2850. The first-order valence-corrected chi connectivity index (χ1v) is 18.9. The van der Waals surface area contributed by atoms with Gasteiger partial charge >= 0.3 is 0 Å². The molecule has 0 aliphatic heterocycles. The molecule has 1 nitrogen and oxygen atoms in total. The summed E-state index contributed by atoms with van der Waals surface area (Å²) in [5.74, 6) is 0. The number of para-hydroxylation sites is 1. The van der Waals surface area contributed by atoms with E-state index in [1.807, 2.05) is 0 Å². The number of fused-ring (bicyclic) bond motifs is 5. The summed E-state index contributed by atoms with van der Waals surface area (Å²) in [5, 5.41) is 5.01. The second-order valence-corrected chi connectivity index (χ2v) is 14.9. The molecular weight excluding hydrogens is 651 g/mol. The number of benzene rings is 9. The maximum atomic E-state index is 2.45. The van der Waals surface area contributed by atoms with Gasteiger partial charge in [0, 0.05) is 22.4 Å². The molecule has 0 heterocycles. The minimum absolute atomic E-state index is 0.0825. The molecule has 0 N–H and O–H groups in total. The molecule has 256 valence electrons. The molecular formula is C53H39N. The molecule has 1 heteroatoms. The smallest absolute Gasteiger partial charge is 0.0540 e. The zero-order chi connectivity index (χ0) is 36.2. The number of rotatable bonds is 6. The lowest BCUT2D eigenvalue weighted by molar-refractivity contribution is 0.660. The summed E-state index contributed by atoms with van der Waals surface area (Å²) in [6, 6.07) is 73.4. The largest absolute Gasteiger partial charge is 0.310 e. The van der Waals surface area contributed by atoms with Crippen molar-refractivity contribution in [1.29, 1.82) is 0 Å². The normalized spacial score (nSPS) is 12.8. The summed E-state index contributed by atoms with van der Waals surface area (Å²) in [7, 11) is 0. The van der Waals surface area contributed by atoms with E-state index in [0.29, 0.717) is 0 Å². The summed E-state index contributed by atoms with van der Waals surface area (Å²) >= 11 is 0. The fraction of sp³-hybridized carbons (Fsp3) is 0.0566. The Labute approximate surface area is 317 Å². The number of hydrogen-bond donors (Lipinski definition) is 0. The van der Waals surface area contributed by atoms with Gasteiger partial charge in [0.2, 0.25) is 0 Å². The van der Waals surface area contributed by atoms with Crippen LogP contribution in [-0.4, -0.2) is 0 Å². The van der Waals surface area contributed by atoms with Crippen LogP contribution in [-0.2, 0) is 5.41 Å². The molecule has 0 radical (unpaired) electrons. The van der Waals surface area contributed by atoms with E-state index in [-0.39, 0.29) is 5.41 Å². The van der Waals surface area contributed by atoms with Crippen LogP contribution in [0.4, 0.5) is 17.1 Å². The first-order chi connectivity index (χ1) is 26.6. The predicted octanol–water partition coefficient (Wildman–Crippen LogP) is 14.8. The Kier molecular flexibility index (Phi) is 7.56. The zero-order valence-corrected chi connectivity index (χ0v) is 30.5. The van der Waals surface area contributed by atoms with Crippen LogP contribution in [0.5, 0.6) is 0 Å². The van der Waals surface area contributed by atoms with Crippen LogP contribution in [0.25, 0.3) is 66.1 Å². The monoisotopic (exact) mass is 689 g/mol. The molecule has 1 aliphatic carbocycles. The van der Waals surface area contributed by atoms with E-state index < -0.39 is 0 Å². The fourth-order valence-electron chi connectivity index (χ4n) is 8.86. The van der Waals surface area contributed by atoms with Gasteiger partial charge in [-0.15, -0.1) is 0 Å². The van der Waals surface area contributed by atoms with Crippen molar-refractivity contribution in [2.24, 2.45) is 0 Å². The molecule has 9 aromatic rings. The van der Waals surface area contributed by atoms with E-state index in [9.17, 15) is 0 Å². The van der Waals surface area contributed by atoms with E-state index in [1.165, 1.54) is 77.2 Å². The van der Waals surface area contributed by atoms with Gasteiger partial charge in [-0.05, 0) is 102 Å². The van der Waals surface area contributed by atoms with Crippen molar-refractivity contribution in [3.8, 4) is 44.5 Å². The van der Waals surface area contributed by atoms with Crippen LogP contribution >= 0.6 is 0 Å². The van der Waals surface area contributed by atoms with Crippen molar-refractivity contribution in [3.05, 3.63) is 211 Å². The Morgan fingerprint density at radius 3 is 1.61 bits per heavy atom. The summed E-state index contributed by atoms with van der Waals surface area (Å²) in [5.41, 5.74) is 16.0. The Hall–Kier alpha value is -6.70. The molecule has 1 aliphatic rings. The van der Waals surface area contributed by atoms with Crippen molar-refractivity contribution in [1.82, 2.24) is 0 Å². The Morgan fingerprint density at radius 1 is 0.352 bits per heavy atom. The summed E-state index contributed by atoms with van der Waals surface area (Å²) in [4.78, 5) is 2.45. The van der Waals surface area contributed by atoms with Gasteiger partial charge in [-0.1, -0.05) is 184 Å². The standard InChI is InChI=1S/C53H39N/c1-53(2)49-28-9-7-24-48(49)52-47(27-14-29-50(52)53)46-23-8-10-30-51(46)54(40-33-31-38(32-34-40)44-25-12-17-36-15-3-5-21-42(36)44)41-20-11-19-39(35-41)45-26-13-18-37-16-4-6-22-43(37)45/h3-35H,1-2H3. The maximum Gasteiger partial charge on any atom is 0.0540 e. The minimum atomic E-state index is -0.0825. The first kappa shape index (κ1) is 32.0. The van der Waals surface area contributed by atoms with Gasteiger partial charge in [0.15, 0.2) is 0 Å². The predicted molar refractivity (Wildman–Crippen MR) is 230 cm³/mol. The molecule has 0 saturated heterocycles. The molecule has 0 atom stereocenters. The average Bonchev–Trinajstić information content (AvgIpc) is 3.47. The van der Waals surface area contributed by atoms with Crippen LogP contribution in [0.1, 0.15) is 25.0 Å². The lowest BCUT2D eigenvalue weighted by atomic mass is 9.82. The number of anilines is 3. The molecule has 54 heavy (non-hydrogen) atoms. The molecule has 9 aromatic carbocycles. The van der Waals surface area contributed by atoms with Crippen molar-refractivity contribution < 1.29 is 0 Å². The third-order valence-corrected chi connectivity index (χ3v) is 11.5. The van der Waals surface area contributed by atoms with Crippen LogP contribution in [0, 0.1) is 0 Å². The van der Waals surface area contributed by atoms with Crippen LogP contribution in [0.3, 0.4) is 0 Å². The SMILES string of the molecule is CC1(C)c2ccccc2-c2c(-c3ccccc3N(c3ccc(-c4cccc5ccccc45)cc3)c3cccc(-c4cccc5ccccc45)c3)cccc21. The second kappa shape index (κ2) is 12.8. The van der Waals surface area contributed by atoms with Crippen LogP contribution in [0.15, 0.2) is 200 Å². The van der Waals surface area contributed by atoms with E-state index in [0.717, 1.165) is 17.1 Å². The Morgan fingerprint density at radius 2 is 0.870 bits per heavy atom. The quantitative estimate of drug-likeness (QED) is 0.168. The topological polar surface area (TPSA) is 3.24 Å². The van der Waals surface area contributed by atoms with Crippen molar-refractivity contribution in [2.75, 3.05) is 4.90 Å². The van der Waals surface area contributed by atoms with Crippen molar-refractivity contribution in [2.45, 2.75) is 19.3 Å². The molecule has 0 fully saturated rings. The van der Waals surface area contributed by atoms with Gasteiger partial charge < -0.3 is 4.90 Å². The highest BCUT2D eigenvalue weighted by Gasteiger charge is 2.37. The minimum Gasteiger partial charge on any atom is -0.310 e. The van der Waals surface area contributed by atoms with Gasteiger partial charge in [-0.2, -0.15) is 0 Å². The summed E-state index contributed by atoms with van der Waals surface area (Å²) in [6.07, 6.45) is 0. The first-order valence-electron chi connectivity index (χ1n) is 18.9. The van der Waals surface area contributed by atoms with Crippen molar-refractivity contribution in [3.63, 3.8) is 0 Å². The van der Waals surface area contributed by atoms with Gasteiger partial charge in [0.1, 0.15) is 0 Å². The number of hydrogen-bond acceptors (Lipinski definition) is 1. The number of nitrogens with zero attached hydrogens (tertiary/aromatic N) is 1. The molecule has 10 rings (SSSR count). The lowest BCUT2D eigenvalue weighted by Crippen LogP contribution is -2.14. The van der Waals surface area contributed by atoms with E-state index >= 15 is 0 Å². The third-order valence-electron chi connectivity index (χ3n) is 11.5. The van der Waals surface area contributed by atoms with Crippen molar-refractivity contribution >= 4 is 38.6 Å². The second-order valence-electron chi connectivity index (χ2n) is 14.9. The van der Waals surface area contributed by atoms with E-state index in [2.05, 4.69) is 219 Å². The zero-order valence-electron chi connectivity index (χ0n) is 30.5. The molecule has 0 saturated carbocycles. The molecule has 0 bridgehead atoms. The molecule has 0 unspecified atom stereocenters. The summed E-state index contributed by atoms with van der Waals surface area (Å²) in [6.45, 7) is 4.71. The van der Waals surface area contributed by atoms with E-state index in [1.54, 1.807) is 0 Å². The Balaban J connectivity index is 1.18. The van der Waals surface area contributed by atoms with Crippen LogP contribution in [0.2, 0.25) is 0 Å². The highest BCUT2D eigenvalue weighted by molar-refractivity contribution is 6.01. The molecule has 0 amide bonds. The maximum absolute atomic E-state index is 2.45. The van der Waals surface area contributed by atoms with Gasteiger partial charge in [-0.25, -0.2) is 0 Å². The van der Waals surface area contributed by atoms with Gasteiger partial charge in [-0.3, -0.25) is 0 Å². The third kappa shape index (κ3) is 5.16. The lowest BCUT2D eigenvalue weighted by Gasteiger charge is -2.29. The average molecular weight is 690 g/mol. The molecule has 0 spiro atoms. The van der Waals surface area contributed by atoms with Crippen LogP contribution < -0.4 is 4.90 Å². The highest BCUT2D eigenvalue weighted by Crippen LogP contribution is 2.54. The summed E-state index contributed by atoms with van der Waals surface area (Å²) < 4.78 is 0. The fourth-order valence-corrected chi connectivity index (χ4v) is 8.86. The molecule has 0 aromatic heterocycles. The van der Waals surface area contributed by atoms with Gasteiger partial charge in [0.05, 0.1) is 5.69 Å². The van der Waals surface area contributed by atoms with E-state index in [4.69, 9.17) is 0 Å².